The van der Waals surface area contributed by atoms with Crippen LogP contribution in [0.15, 0.2) is 6.20 Å². The summed E-state index contributed by atoms with van der Waals surface area (Å²) in [5.41, 5.74) is 8.53. The molecule has 4 N–H and O–H groups in total. The second-order valence-electron chi connectivity index (χ2n) is 2.79. The van der Waals surface area contributed by atoms with E-state index in [-0.39, 0.29) is 5.56 Å². The Bertz CT molecular complexity index is 507. The molecule has 1 aromatic heterocycles. The Hall–Kier alpha value is -2.50. The second kappa shape index (κ2) is 4.17. The molecule has 17 heavy (non-hydrogen) atoms. The highest BCUT2D eigenvalue weighted by atomic mass is 19.4. The monoisotopic (exact) mass is 246 g/mol. The Morgan fingerprint density at radius 3 is 2.53 bits per heavy atom. The molecule has 6 nitrogen and oxygen atoms in total. The molecule has 0 fully saturated rings. The summed E-state index contributed by atoms with van der Waals surface area (Å²) in [6.45, 7) is 0. The number of rotatable bonds is 2. The van der Waals surface area contributed by atoms with Crippen molar-refractivity contribution in [1.29, 1.82) is 5.26 Å². The summed E-state index contributed by atoms with van der Waals surface area (Å²) in [5.74, 6) is -2.03. The number of hydrogen-bond donors (Lipinski definition) is 2. The molecule has 90 valence electrons. The lowest BCUT2D eigenvalue weighted by Gasteiger charge is -2.11. The molecule has 0 spiro atoms. The van der Waals surface area contributed by atoms with E-state index in [4.69, 9.17) is 16.7 Å². The Morgan fingerprint density at radius 1 is 1.53 bits per heavy atom. The standard InChI is InChI=1S/C8H5F3N4O2/c9-8(10,11)17-7-5(13)3(1-12)4(2-15-7)6(14)16/h2H,13H2,(H2,14,16). The van der Waals surface area contributed by atoms with Crippen LogP contribution in [0.4, 0.5) is 18.9 Å². The zero-order chi connectivity index (χ0) is 13.2. The lowest BCUT2D eigenvalue weighted by atomic mass is 10.1. The minimum absolute atomic E-state index is 0.375. The van der Waals surface area contributed by atoms with E-state index in [1.807, 2.05) is 0 Å². The fourth-order valence-corrected chi connectivity index (χ4v) is 1.01. The molecule has 0 saturated heterocycles. The number of pyridine rings is 1. The molecule has 0 aliphatic carbocycles. The molecule has 0 bridgehead atoms. The van der Waals surface area contributed by atoms with Crippen molar-refractivity contribution in [1.82, 2.24) is 4.98 Å². The number of halogens is 3. The average Bonchev–Trinajstić information content (AvgIpc) is 2.18. The van der Waals surface area contributed by atoms with Gasteiger partial charge in [0.25, 0.3) is 5.91 Å². The zero-order valence-electron chi connectivity index (χ0n) is 8.08. The number of amides is 1. The van der Waals surface area contributed by atoms with Gasteiger partial charge in [-0.25, -0.2) is 4.98 Å². The maximum atomic E-state index is 11.9. The number of carbonyl (C=O) groups excluding carboxylic acids is 1. The van der Waals surface area contributed by atoms with E-state index >= 15 is 0 Å². The van der Waals surface area contributed by atoms with Crippen LogP contribution in [0.1, 0.15) is 15.9 Å². The van der Waals surface area contributed by atoms with Crippen LogP contribution < -0.4 is 16.2 Å². The van der Waals surface area contributed by atoms with E-state index in [0.29, 0.717) is 6.20 Å². The molecule has 1 rings (SSSR count). The molecule has 1 aromatic rings. The third kappa shape index (κ3) is 2.75. The van der Waals surface area contributed by atoms with Crippen LogP contribution in [-0.2, 0) is 0 Å². The molecule has 0 aromatic carbocycles. The van der Waals surface area contributed by atoms with Gasteiger partial charge in [-0.1, -0.05) is 0 Å². The average molecular weight is 246 g/mol. The van der Waals surface area contributed by atoms with Gasteiger partial charge in [-0.3, -0.25) is 4.79 Å². The minimum atomic E-state index is -5.00. The number of alkyl halides is 3. The lowest BCUT2D eigenvalue weighted by molar-refractivity contribution is -0.275. The highest BCUT2D eigenvalue weighted by Gasteiger charge is 2.33. The summed E-state index contributed by atoms with van der Waals surface area (Å²) in [6.07, 6.45) is -4.31. The van der Waals surface area contributed by atoms with Crippen molar-refractivity contribution in [2.24, 2.45) is 5.73 Å². The number of nitriles is 1. The van der Waals surface area contributed by atoms with Crippen molar-refractivity contribution in [3.8, 4) is 11.9 Å². The molecule has 0 saturated carbocycles. The Morgan fingerprint density at radius 2 is 2.12 bits per heavy atom. The minimum Gasteiger partial charge on any atom is -0.393 e. The summed E-state index contributed by atoms with van der Waals surface area (Å²) in [5, 5.41) is 8.67. The number of carbonyl (C=O) groups is 1. The molecule has 1 heterocycles. The van der Waals surface area contributed by atoms with E-state index in [1.54, 1.807) is 0 Å². The van der Waals surface area contributed by atoms with Crippen LogP contribution in [-0.4, -0.2) is 17.3 Å². The van der Waals surface area contributed by atoms with Crippen LogP contribution in [0.5, 0.6) is 5.88 Å². The lowest BCUT2D eigenvalue weighted by Crippen LogP contribution is -2.21. The van der Waals surface area contributed by atoms with Crippen LogP contribution in [0.3, 0.4) is 0 Å². The largest absolute Gasteiger partial charge is 0.574 e. The molecule has 0 atom stereocenters. The first-order valence-electron chi connectivity index (χ1n) is 4.00. The number of nitrogen functional groups attached to an aromatic ring is 1. The number of anilines is 1. The summed E-state index contributed by atoms with van der Waals surface area (Å²) in [4.78, 5) is 14.0. The van der Waals surface area contributed by atoms with Crippen molar-refractivity contribution in [2.75, 3.05) is 5.73 Å². The van der Waals surface area contributed by atoms with E-state index < -0.39 is 29.4 Å². The van der Waals surface area contributed by atoms with Crippen LogP contribution in [0, 0.1) is 11.3 Å². The SMILES string of the molecule is N#Cc1c(C(N)=O)cnc(OC(F)(F)F)c1N. The first kappa shape index (κ1) is 12.6. The number of ether oxygens (including phenoxy) is 1. The van der Waals surface area contributed by atoms with Crippen LogP contribution in [0.25, 0.3) is 0 Å². The summed E-state index contributed by atoms with van der Waals surface area (Å²) >= 11 is 0. The van der Waals surface area contributed by atoms with Crippen molar-refractivity contribution < 1.29 is 22.7 Å². The normalized spacial score (nSPS) is 10.7. The number of aromatic nitrogens is 1. The van der Waals surface area contributed by atoms with Gasteiger partial charge in [-0.2, -0.15) is 5.26 Å². The molecule has 0 aliphatic rings. The van der Waals surface area contributed by atoms with Gasteiger partial charge in [-0.05, 0) is 0 Å². The van der Waals surface area contributed by atoms with Gasteiger partial charge in [0.1, 0.15) is 11.8 Å². The van der Waals surface area contributed by atoms with Gasteiger partial charge in [0.15, 0.2) is 0 Å². The summed E-state index contributed by atoms with van der Waals surface area (Å²) in [7, 11) is 0. The number of nitrogens with zero attached hydrogens (tertiary/aromatic N) is 2. The number of hydrogen-bond acceptors (Lipinski definition) is 5. The van der Waals surface area contributed by atoms with Crippen molar-refractivity contribution >= 4 is 11.6 Å². The van der Waals surface area contributed by atoms with Gasteiger partial charge in [-0.15, -0.1) is 13.2 Å². The smallest absolute Gasteiger partial charge is 0.393 e. The second-order valence-corrected chi connectivity index (χ2v) is 2.79. The fraction of sp³-hybridized carbons (Fsp3) is 0.125. The molecular formula is C8H5F3N4O2. The zero-order valence-corrected chi connectivity index (χ0v) is 8.08. The van der Waals surface area contributed by atoms with E-state index in [0.717, 1.165) is 0 Å². The molecule has 1 amide bonds. The van der Waals surface area contributed by atoms with Crippen molar-refractivity contribution in [3.05, 3.63) is 17.3 Å². The molecule has 0 radical (unpaired) electrons. The van der Waals surface area contributed by atoms with E-state index in [2.05, 4.69) is 9.72 Å². The third-order valence-electron chi connectivity index (χ3n) is 1.67. The summed E-state index contributed by atoms with van der Waals surface area (Å²) in [6, 6.07) is 1.46. The quantitative estimate of drug-likeness (QED) is 0.789. The Kier molecular flexibility index (Phi) is 3.08. The molecule has 9 heteroatoms. The first-order chi connectivity index (χ1) is 7.76. The van der Waals surface area contributed by atoms with Gasteiger partial charge in [0.05, 0.1) is 11.1 Å². The maximum absolute atomic E-state index is 11.9. The fourth-order valence-electron chi connectivity index (χ4n) is 1.01. The Balaban J connectivity index is 3.32. The van der Waals surface area contributed by atoms with Gasteiger partial charge < -0.3 is 16.2 Å². The van der Waals surface area contributed by atoms with Gasteiger partial charge in [0.2, 0.25) is 5.88 Å². The van der Waals surface area contributed by atoms with E-state index in [9.17, 15) is 18.0 Å². The highest BCUT2D eigenvalue weighted by Crippen LogP contribution is 2.29. The number of primary amides is 1. The van der Waals surface area contributed by atoms with Gasteiger partial charge in [0, 0.05) is 6.20 Å². The maximum Gasteiger partial charge on any atom is 0.574 e. The van der Waals surface area contributed by atoms with Crippen molar-refractivity contribution in [3.63, 3.8) is 0 Å². The van der Waals surface area contributed by atoms with Crippen LogP contribution in [0.2, 0.25) is 0 Å². The van der Waals surface area contributed by atoms with Crippen molar-refractivity contribution in [2.45, 2.75) is 6.36 Å². The molecule has 0 unspecified atom stereocenters. The number of nitrogens with two attached hydrogens (primary N) is 2. The van der Waals surface area contributed by atoms with Gasteiger partial charge >= 0.3 is 6.36 Å². The summed E-state index contributed by atoms with van der Waals surface area (Å²) < 4.78 is 39.2. The topological polar surface area (TPSA) is 115 Å². The Labute approximate surface area is 92.6 Å². The highest BCUT2D eigenvalue weighted by molar-refractivity contribution is 5.97. The third-order valence-corrected chi connectivity index (χ3v) is 1.67. The van der Waals surface area contributed by atoms with Crippen LogP contribution >= 0.6 is 0 Å². The first-order valence-corrected chi connectivity index (χ1v) is 4.00. The molecule has 0 aliphatic heterocycles. The van der Waals surface area contributed by atoms with E-state index in [1.165, 1.54) is 6.07 Å². The molecular weight excluding hydrogens is 241 g/mol. The predicted molar refractivity (Wildman–Crippen MR) is 48.6 cm³/mol. The predicted octanol–water partition coefficient (Wildman–Crippen LogP) is 0.533.